The number of carboxylic acid groups (broad SMARTS) is 1. The van der Waals surface area contributed by atoms with Crippen molar-refractivity contribution in [2.45, 2.75) is 24.9 Å². The number of rotatable bonds is 4. The summed E-state index contributed by atoms with van der Waals surface area (Å²) in [5.74, 6) is -1.57. The lowest BCUT2D eigenvalue weighted by Crippen LogP contribution is -2.56. The average molecular weight is 584 g/mol. The molecule has 8 nitrogen and oxygen atoms in total. The monoisotopic (exact) mass is 583 g/mol. The van der Waals surface area contributed by atoms with Crippen LogP contribution in [0, 0.1) is 0 Å². The maximum absolute atomic E-state index is 13.6. The lowest BCUT2D eigenvalue weighted by molar-refractivity contribution is -0.144. The van der Waals surface area contributed by atoms with Crippen LogP contribution in [0.1, 0.15) is 22.3 Å². The first-order valence-corrected chi connectivity index (χ1v) is 12.6. The first kappa shape index (κ1) is 27.7. The van der Waals surface area contributed by atoms with Gasteiger partial charge in [-0.25, -0.2) is 4.79 Å². The second kappa shape index (κ2) is 10.3. The molecule has 3 aromatic rings. The van der Waals surface area contributed by atoms with Gasteiger partial charge in [0.05, 0.1) is 34.3 Å². The zero-order chi connectivity index (χ0) is 28.8. The number of amidine groups is 1. The molecule has 15 heteroatoms. The summed E-state index contributed by atoms with van der Waals surface area (Å²) in [4.78, 5) is 30.0. The number of thioether (sulfide) groups is 1. The maximum atomic E-state index is 13.6. The topological polar surface area (TPSA) is 99.8 Å². The number of aromatic nitrogens is 2. The first-order valence-electron chi connectivity index (χ1n) is 11.8. The van der Waals surface area contributed by atoms with E-state index in [1.807, 2.05) is 0 Å². The fourth-order valence-corrected chi connectivity index (χ4v) is 5.45. The highest BCUT2D eigenvalue weighted by Gasteiger charge is 2.38. The molecule has 0 saturated carbocycles. The Hall–Kier alpha value is -3.85. The molecule has 40 heavy (non-hydrogen) atoms. The van der Waals surface area contributed by atoms with Crippen LogP contribution in [-0.4, -0.2) is 62.5 Å². The lowest BCUT2D eigenvalue weighted by atomic mass is 10.0. The molecule has 1 atom stereocenters. The Bertz CT molecular complexity index is 1560. The minimum Gasteiger partial charge on any atom is -0.480 e. The fourth-order valence-electron chi connectivity index (χ4n) is 4.46. The number of nitrogens with one attached hydrogen (secondary N) is 1. The van der Waals surface area contributed by atoms with Crippen molar-refractivity contribution in [3.8, 4) is 0 Å². The first-order chi connectivity index (χ1) is 18.8. The molecule has 210 valence electrons. The van der Waals surface area contributed by atoms with E-state index in [9.17, 15) is 41.0 Å². The van der Waals surface area contributed by atoms with Gasteiger partial charge in [-0.15, -0.1) is 0 Å². The van der Waals surface area contributed by atoms with Gasteiger partial charge < -0.3 is 15.3 Å². The van der Waals surface area contributed by atoms with E-state index < -0.39 is 47.9 Å². The number of hydrogen-bond acceptors (Lipinski definition) is 6. The number of fused-ring (bicyclic) bond motifs is 1. The van der Waals surface area contributed by atoms with Crippen molar-refractivity contribution in [2.75, 3.05) is 19.6 Å². The number of benzene rings is 2. The SMILES string of the molecule is O=C1N=C(N2CCNCC2C(=O)O)SC1=Cc1ccc2c(cnn2Cc2ccc(C(F)(F)F)cc2C(F)(F)F)c1. The van der Waals surface area contributed by atoms with Gasteiger partial charge >= 0.3 is 18.3 Å². The number of carbonyl (C=O) groups is 2. The van der Waals surface area contributed by atoms with Gasteiger partial charge in [-0.3, -0.25) is 9.48 Å². The minimum absolute atomic E-state index is 0.0942. The standard InChI is InChI=1S/C25H19F6N5O3S/c26-24(27,28)16-3-2-14(17(9-16)25(29,30)31)12-36-18-4-1-13(7-15(18)10-33-36)8-20-21(37)34-23(40-20)35-6-5-32-11-19(35)22(38)39/h1-4,7-10,19,32H,5-6,11-12H2,(H,38,39). The molecule has 2 aliphatic rings. The maximum Gasteiger partial charge on any atom is 0.416 e. The Labute approximate surface area is 226 Å². The number of alkyl halides is 6. The smallest absolute Gasteiger partial charge is 0.416 e. The third-order valence-corrected chi connectivity index (χ3v) is 7.43. The second-order valence-electron chi connectivity index (χ2n) is 9.05. The zero-order valence-electron chi connectivity index (χ0n) is 20.3. The number of carbonyl (C=O) groups excluding carboxylic acids is 1. The molecule has 1 unspecified atom stereocenters. The van der Waals surface area contributed by atoms with E-state index in [1.54, 1.807) is 29.2 Å². The number of halogens is 6. The highest BCUT2D eigenvalue weighted by Crippen LogP contribution is 2.38. The molecule has 0 spiro atoms. The van der Waals surface area contributed by atoms with Gasteiger partial charge in [-0.05, 0) is 53.2 Å². The number of aliphatic imine (C=N–C) groups is 1. The number of amides is 1. The van der Waals surface area contributed by atoms with Crippen LogP contribution in [0.4, 0.5) is 26.3 Å². The van der Waals surface area contributed by atoms with Gasteiger partial charge in [-0.1, -0.05) is 12.1 Å². The largest absolute Gasteiger partial charge is 0.480 e. The molecular weight excluding hydrogens is 564 g/mol. The predicted octanol–water partition coefficient (Wildman–Crippen LogP) is 4.45. The van der Waals surface area contributed by atoms with E-state index in [0.29, 0.717) is 35.6 Å². The minimum atomic E-state index is -5.00. The van der Waals surface area contributed by atoms with Crippen LogP contribution in [0.3, 0.4) is 0 Å². The van der Waals surface area contributed by atoms with Crippen molar-refractivity contribution in [2.24, 2.45) is 4.99 Å². The Balaban J connectivity index is 1.38. The van der Waals surface area contributed by atoms with Crippen molar-refractivity contribution in [3.05, 3.63) is 69.8 Å². The van der Waals surface area contributed by atoms with E-state index in [2.05, 4.69) is 15.4 Å². The molecule has 0 aliphatic carbocycles. The van der Waals surface area contributed by atoms with E-state index in [4.69, 9.17) is 0 Å². The van der Waals surface area contributed by atoms with Crippen LogP contribution in [0.25, 0.3) is 17.0 Å². The van der Waals surface area contributed by atoms with Crippen LogP contribution in [0.2, 0.25) is 0 Å². The number of carboxylic acids is 1. The summed E-state index contributed by atoms with van der Waals surface area (Å²) in [6, 6.07) is 5.47. The molecule has 1 saturated heterocycles. The Morgan fingerprint density at radius 1 is 1.12 bits per heavy atom. The molecule has 5 rings (SSSR count). The summed E-state index contributed by atoms with van der Waals surface area (Å²) in [5.41, 5.74) is -2.16. The van der Waals surface area contributed by atoms with Crippen LogP contribution in [0.15, 0.2) is 52.5 Å². The van der Waals surface area contributed by atoms with E-state index in [0.717, 1.165) is 17.8 Å². The summed E-state index contributed by atoms with van der Waals surface area (Å²) in [6.45, 7) is 0.690. The van der Waals surface area contributed by atoms with Crippen molar-refractivity contribution < 1.29 is 41.0 Å². The summed E-state index contributed by atoms with van der Waals surface area (Å²) in [6.07, 6.45) is -6.95. The third kappa shape index (κ3) is 5.56. The summed E-state index contributed by atoms with van der Waals surface area (Å²) in [7, 11) is 0. The van der Waals surface area contributed by atoms with Gasteiger partial charge in [0.15, 0.2) is 5.17 Å². The Morgan fingerprint density at radius 3 is 2.60 bits per heavy atom. The van der Waals surface area contributed by atoms with E-state index >= 15 is 0 Å². The Morgan fingerprint density at radius 2 is 1.90 bits per heavy atom. The summed E-state index contributed by atoms with van der Waals surface area (Å²) >= 11 is 1.05. The lowest BCUT2D eigenvalue weighted by Gasteiger charge is -2.34. The molecule has 1 fully saturated rings. The van der Waals surface area contributed by atoms with Gasteiger partial charge in [0.2, 0.25) is 0 Å². The zero-order valence-corrected chi connectivity index (χ0v) is 21.1. The predicted molar refractivity (Wildman–Crippen MR) is 134 cm³/mol. The van der Waals surface area contributed by atoms with Gasteiger partial charge in [0.25, 0.3) is 5.91 Å². The van der Waals surface area contributed by atoms with Crippen LogP contribution in [0.5, 0.6) is 0 Å². The highest BCUT2D eigenvalue weighted by atomic mass is 32.2. The molecule has 2 aliphatic heterocycles. The quantitative estimate of drug-likeness (QED) is 0.346. The number of hydrogen-bond donors (Lipinski definition) is 2. The molecule has 0 radical (unpaired) electrons. The average Bonchev–Trinajstić information content (AvgIpc) is 3.45. The molecule has 0 bridgehead atoms. The van der Waals surface area contributed by atoms with Crippen LogP contribution < -0.4 is 5.32 Å². The molecule has 3 heterocycles. The molecule has 2 N–H and O–H groups in total. The molecule has 1 aromatic heterocycles. The van der Waals surface area contributed by atoms with Gasteiger partial charge in [0.1, 0.15) is 6.04 Å². The van der Waals surface area contributed by atoms with Crippen molar-refractivity contribution >= 4 is 45.8 Å². The number of aliphatic carboxylic acids is 1. The van der Waals surface area contributed by atoms with E-state index in [1.165, 1.54) is 10.9 Å². The summed E-state index contributed by atoms with van der Waals surface area (Å²) < 4.78 is 80.9. The fraction of sp³-hybridized carbons (Fsp3) is 0.280. The third-order valence-electron chi connectivity index (χ3n) is 6.41. The van der Waals surface area contributed by atoms with Crippen molar-refractivity contribution in [1.82, 2.24) is 20.0 Å². The van der Waals surface area contributed by atoms with E-state index in [-0.39, 0.29) is 28.2 Å². The van der Waals surface area contributed by atoms with Gasteiger partial charge in [0, 0.05) is 25.0 Å². The molecular formula is C25H19F6N5O3S. The van der Waals surface area contributed by atoms with Crippen molar-refractivity contribution in [3.63, 3.8) is 0 Å². The normalized spacial score (nSPS) is 19.5. The summed E-state index contributed by atoms with van der Waals surface area (Å²) in [5, 5.41) is 17.4. The number of piperazine rings is 1. The second-order valence-corrected chi connectivity index (χ2v) is 10.1. The molecule has 1 amide bonds. The molecule has 2 aromatic carbocycles. The Kier molecular flexibility index (Phi) is 7.12. The number of nitrogens with zero attached hydrogens (tertiary/aromatic N) is 4. The van der Waals surface area contributed by atoms with Gasteiger partial charge in [-0.2, -0.15) is 36.4 Å². The van der Waals surface area contributed by atoms with Crippen LogP contribution >= 0.6 is 11.8 Å². The highest BCUT2D eigenvalue weighted by molar-refractivity contribution is 8.18. The van der Waals surface area contributed by atoms with Crippen LogP contribution in [-0.2, 0) is 28.5 Å². The van der Waals surface area contributed by atoms with Crippen molar-refractivity contribution in [1.29, 1.82) is 0 Å².